The number of nitrogens with zero attached hydrogens (tertiary/aromatic N) is 2. The summed E-state index contributed by atoms with van der Waals surface area (Å²) >= 11 is 0. The van der Waals surface area contributed by atoms with Crippen LogP contribution in [0.4, 0.5) is 0 Å². The molecule has 0 saturated heterocycles. The zero-order valence-electron chi connectivity index (χ0n) is 14.9. The van der Waals surface area contributed by atoms with Crippen molar-refractivity contribution in [2.24, 2.45) is 0 Å². The molecule has 0 fully saturated rings. The summed E-state index contributed by atoms with van der Waals surface area (Å²) in [6, 6.07) is 13.8. The molecule has 0 unspecified atom stereocenters. The van der Waals surface area contributed by atoms with E-state index in [9.17, 15) is 5.11 Å². The molecular weight excluding hydrogens is 316 g/mol. The molecular formula is C20H24N2O3. The first-order valence-electron chi connectivity index (χ1n) is 8.39. The summed E-state index contributed by atoms with van der Waals surface area (Å²) in [6.45, 7) is 5.15. The van der Waals surface area contributed by atoms with Gasteiger partial charge in [-0.2, -0.15) is 0 Å². The Morgan fingerprint density at radius 3 is 2.68 bits per heavy atom. The molecule has 1 atom stereocenters. The number of methoxy groups -OCH3 is 1. The number of aryl methyl sites for hydroxylation is 2. The van der Waals surface area contributed by atoms with E-state index in [1.165, 1.54) is 11.1 Å². The van der Waals surface area contributed by atoms with Crippen molar-refractivity contribution >= 4 is 11.0 Å². The van der Waals surface area contributed by atoms with Crippen LogP contribution >= 0.6 is 0 Å². The highest BCUT2D eigenvalue weighted by atomic mass is 16.5. The van der Waals surface area contributed by atoms with Crippen LogP contribution in [0.1, 0.15) is 17.0 Å². The van der Waals surface area contributed by atoms with Crippen molar-refractivity contribution in [1.29, 1.82) is 0 Å². The number of fused-ring (bicyclic) bond motifs is 1. The number of aliphatic hydroxyl groups is 1. The van der Waals surface area contributed by atoms with Crippen molar-refractivity contribution in [3.63, 3.8) is 0 Å². The lowest BCUT2D eigenvalue weighted by atomic mass is 10.1. The molecule has 1 heterocycles. The smallest absolute Gasteiger partial charge is 0.136 e. The van der Waals surface area contributed by atoms with Crippen LogP contribution in [-0.2, 0) is 17.9 Å². The van der Waals surface area contributed by atoms with Gasteiger partial charge in [0.05, 0.1) is 17.6 Å². The lowest BCUT2D eigenvalue weighted by Gasteiger charge is -2.16. The number of para-hydroxylation sites is 2. The van der Waals surface area contributed by atoms with E-state index in [2.05, 4.69) is 11.9 Å². The molecule has 0 radical (unpaired) electrons. The molecule has 3 rings (SSSR count). The Hall–Kier alpha value is -2.37. The molecule has 1 N–H and O–H groups in total. The lowest BCUT2D eigenvalue weighted by molar-refractivity contribution is 0.0901. The minimum absolute atomic E-state index is 0.224. The highest BCUT2D eigenvalue weighted by Crippen LogP contribution is 2.19. The molecule has 0 aliphatic heterocycles. The molecule has 0 saturated carbocycles. The van der Waals surface area contributed by atoms with E-state index < -0.39 is 6.10 Å². The molecule has 5 heteroatoms. The largest absolute Gasteiger partial charge is 0.491 e. The van der Waals surface area contributed by atoms with Gasteiger partial charge in [-0.25, -0.2) is 4.98 Å². The van der Waals surface area contributed by atoms with Gasteiger partial charge in [0, 0.05) is 7.11 Å². The average molecular weight is 340 g/mol. The van der Waals surface area contributed by atoms with Crippen LogP contribution in [0, 0.1) is 13.8 Å². The second kappa shape index (κ2) is 7.68. The lowest BCUT2D eigenvalue weighted by Crippen LogP contribution is -2.24. The van der Waals surface area contributed by atoms with Crippen molar-refractivity contribution in [3.05, 3.63) is 59.4 Å². The second-order valence-corrected chi connectivity index (χ2v) is 6.27. The first-order chi connectivity index (χ1) is 12.1. The molecule has 0 aliphatic carbocycles. The molecule has 1 aromatic heterocycles. The van der Waals surface area contributed by atoms with Crippen molar-refractivity contribution in [1.82, 2.24) is 9.55 Å². The van der Waals surface area contributed by atoms with Crippen molar-refractivity contribution < 1.29 is 14.6 Å². The van der Waals surface area contributed by atoms with Gasteiger partial charge in [-0.15, -0.1) is 0 Å². The monoisotopic (exact) mass is 340 g/mol. The Morgan fingerprint density at radius 1 is 1.12 bits per heavy atom. The fourth-order valence-electron chi connectivity index (χ4n) is 2.83. The Bertz CT molecular complexity index is 857. The third kappa shape index (κ3) is 4.00. The van der Waals surface area contributed by atoms with Gasteiger partial charge >= 0.3 is 0 Å². The van der Waals surface area contributed by atoms with Gasteiger partial charge in [0.15, 0.2) is 0 Å². The highest BCUT2D eigenvalue weighted by molar-refractivity contribution is 5.75. The summed E-state index contributed by atoms with van der Waals surface area (Å²) in [7, 11) is 1.64. The van der Waals surface area contributed by atoms with Gasteiger partial charge in [-0.1, -0.05) is 18.2 Å². The summed E-state index contributed by atoms with van der Waals surface area (Å²) in [4.78, 5) is 4.58. The van der Waals surface area contributed by atoms with E-state index in [1.807, 2.05) is 54.0 Å². The normalized spacial score (nSPS) is 12.5. The number of aromatic nitrogens is 2. The van der Waals surface area contributed by atoms with Crippen LogP contribution in [0.25, 0.3) is 11.0 Å². The van der Waals surface area contributed by atoms with Crippen molar-refractivity contribution in [2.45, 2.75) is 33.1 Å². The molecule has 0 amide bonds. The Balaban J connectivity index is 1.71. The number of rotatable bonds is 7. The van der Waals surface area contributed by atoms with Crippen LogP contribution in [0.5, 0.6) is 5.75 Å². The zero-order valence-corrected chi connectivity index (χ0v) is 14.9. The number of benzene rings is 2. The van der Waals surface area contributed by atoms with Gasteiger partial charge in [0.1, 0.15) is 30.9 Å². The molecule has 3 aromatic rings. The van der Waals surface area contributed by atoms with Crippen LogP contribution in [0.2, 0.25) is 0 Å². The van der Waals surface area contributed by atoms with Crippen LogP contribution in [-0.4, -0.2) is 34.5 Å². The third-order valence-corrected chi connectivity index (χ3v) is 4.32. The van der Waals surface area contributed by atoms with Crippen molar-refractivity contribution in [2.75, 3.05) is 13.7 Å². The summed E-state index contributed by atoms with van der Waals surface area (Å²) in [6.07, 6.45) is -0.644. The molecule has 132 valence electrons. The predicted octanol–water partition coefficient (Wildman–Crippen LogP) is 3.24. The van der Waals surface area contributed by atoms with Crippen molar-refractivity contribution in [3.8, 4) is 5.75 Å². The number of ether oxygens (including phenoxy) is 2. The van der Waals surface area contributed by atoms with E-state index in [0.717, 1.165) is 22.6 Å². The first-order valence-corrected chi connectivity index (χ1v) is 8.39. The van der Waals surface area contributed by atoms with E-state index in [1.54, 1.807) is 7.11 Å². The number of hydrogen-bond acceptors (Lipinski definition) is 4. The Morgan fingerprint density at radius 2 is 1.92 bits per heavy atom. The molecule has 0 bridgehead atoms. The average Bonchev–Trinajstić information content (AvgIpc) is 2.94. The minimum Gasteiger partial charge on any atom is -0.491 e. The fourth-order valence-corrected chi connectivity index (χ4v) is 2.83. The molecule has 0 aliphatic rings. The van der Waals surface area contributed by atoms with Gasteiger partial charge < -0.3 is 19.1 Å². The SMILES string of the molecule is COCc1nc2ccccc2n1C[C@@H](O)COc1ccc(C)c(C)c1. The van der Waals surface area contributed by atoms with E-state index in [-0.39, 0.29) is 6.61 Å². The molecule has 2 aromatic carbocycles. The topological polar surface area (TPSA) is 56.5 Å². The van der Waals surface area contributed by atoms with Crippen LogP contribution < -0.4 is 4.74 Å². The van der Waals surface area contributed by atoms with E-state index in [0.29, 0.717) is 13.2 Å². The standard InChI is InChI=1S/C20H24N2O3/c1-14-8-9-17(10-15(14)2)25-12-16(23)11-22-19-7-5-4-6-18(19)21-20(22)13-24-3/h4-10,16,23H,11-13H2,1-3H3/t16-/m1/s1. The first kappa shape index (κ1) is 17.5. The maximum absolute atomic E-state index is 10.4. The summed E-state index contributed by atoms with van der Waals surface area (Å²) in [5, 5.41) is 10.4. The molecule has 0 spiro atoms. The number of imidazole rings is 1. The predicted molar refractivity (Wildman–Crippen MR) is 97.9 cm³/mol. The quantitative estimate of drug-likeness (QED) is 0.717. The van der Waals surface area contributed by atoms with Crippen LogP contribution in [0.15, 0.2) is 42.5 Å². The van der Waals surface area contributed by atoms with E-state index >= 15 is 0 Å². The summed E-state index contributed by atoms with van der Waals surface area (Å²) in [5.74, 6) is 1.57. The summed E-state index contributed by atoms with van der Waals surface area (Å²) in [5.41, 5.74) is 4.29. The third-order valence-electron chi connectivity index (χ3n) is 4.32. The van der Waals surface area contributed by atoms with Gasteiger partial charge in [-0.3, -0.25) is 0 Å². The Labute approximate surface area is 147 Å². The maximum atomic E-state index is 10.4. The van der Waals surface area contributed by atoms with E-state index in [4.69, 9.17) is 9.47 Å². The van der Waals surface area contributed by atoms with Crippen LogP contribution in [0.3, 0.4) is 0 Å². The Kier molecular flexibility index (Phi) is 5.36. The van der Waals surface area contributed by atoms with Gasteiger partial charge in [0.2, 0.25) is 0 Å². The highest BCUT2D eigenvalue weighted by Gasteiger charge is 2.14. The number of aliphatic hydroxyl groups excluding tert-OH is 1. The number of hydrogen-bond donors (Lipinski definition) is 1. The zero-order chi connectivity index (χ0) is 17.8. The minimum atomic E-state index is -0.644. The molecule has 25 heavy (non-hydrogen) atoms. The molecule has 5 nitrogen and oxygen atoms in total. The fraction of sp³-hybridized carbons (Fsp3) is 0.350. The second-order valence-electron chi connectivity index (χ2n) is 6.27. The van der Waals surface area contributed by atoms with Gasteiger partial charge in [0.25, 0.3) is 0 Å². The summed E-state index contributed by atoms with van der Waals surface area (Å²) < 4.78 is 13.0. The maximum Gasteiger partial charge on any atom is 0.136 e. The van der Waals surface area contributed by atoms with Gasteiger partial charge in [-0.05, 0) is 49.2 Å².